The monoisotopic (exact) mass is 302 g/mol. The smallest absolute Gasteiger partial charge is 0.264 e. The van der Waals surface area contributed by atoms with Crippen molar-refractivity contribution < 1.29 is 9.53 Å². The molecule has 1 aliphatic rings. The summed E-state index contributed by atoms with van der Waals surface area (Å²) in [5, 5.41) is 3.51. The van der Waals surface area contributed by atoms with E-state index in [4.69, 9.17) is 4.74 Å². The molecule has 4 nitrogen and oxygen atoms in total. The first-order chi connectivity index (χ1) is 10.1. The van der Waals surface area contributed by atoms with Crippen molar-refractivity contribution in [2.75, 3.05) is 11.9 Å². The van der Waals surface area contributed by atoms with Gasteiger partial charge in [-0.3, -0.25) is 10.1 Å². The summed E-state index contributed by atoms with van der Waals surface area (Å²) < 4.78 is 5.59. The fourth-order valence-electron chi connectivity index (χ4n) is 2.42. The second-order valence-corrected chi connectivity index (χ2v) is 6.36. The summed E-state index contributed by atoms with van der Waals surface area (Å²) >= 11 is 1.58. The Kier molecular flexibility index (Phi) is 3.92. The summed E-state index contributed by atoms with van der Waals surface area (Å²) in [7, 11) is 0. The molecule has 1 amide bonds. The van der Waals surface area contributed by atoms with E-state index < -0.39 is 0 Å². The first kappa shape index (κ1) is 14.1. The van der Waals surface area contributed by atoms with Gasteiger partial charge in [0.1, 0.15) is 5.75 Å². The third-order valence-corrected chi connectivity index (χ3v) is 4.83. The van der Waals surface area contributed by atoms with E-state index in [2.05, 4.69) is 10.3 Å². The van der Waals surface area contributed by atoms with E-state index in [0.717, 1.165) is 35.4 Å². The van der Waals surface area contributed by atoms with E-state index in [0.29, 0.717) is 5.13 Å². The van der Waals surface area contributed by atoms with Crippen LogP contribution in [-0.4, -0.2) is 17.5 Å². The maximum Gasteiger partial charge on any atom is 0.264 e. The normalized spacial score (nSPS) is 13.0. The number of benzene rings is 1. The average molecular weight is 302 g/mol. The number of aromatic nitrogens is 1. The van der Waals surface area contributed by atoms with Crippen LogP contribution >= 0.6 is 11.3 Å². The number of rotatable bonds is 4. The number of ether oxygens (including phenoxy) is 1. The molecule has 0 bridgehead atoms. The molecule has 21 heavy (non-hydrogen) atoms. The van der Waals surface area contributed by atoms with E-state index in [9.17, 15) is 4.79 Å². The predicted octanol–water partition coefficient (Wildman–Crippen LogP) is 3.27. The van der Waals surface area contributed by atoms with Gasteiger partial charge in [0.25, 0.3) is 5.91 Å². The van der Waals surface area contributed by atoms with Crippen LogP contribution in [0.15, 0.2) is 18.2 Å². The quantitative estimate of drug-likeness (QED) is 0.943. The molecule has 3 rings (SSSR count). The van der Waals surface area contributed by atoms with Gasteiger partial charge in [-0.1, -0.05) is 12.1 Å². The van der Waals surface area contributed by atoms with E-state index in [1.165, 1.54) is 11.3 Å². The number of hydrogen-bond donors (Lipinski definition) is 1. The number of aryl methyl sites for hydroxylation is 3. The van der Waals surface area contributed by atoms with Gasteiger partial charge in [0.15, 0.2) is 11.7 Å². The summed E-state index contributed by atoms with van der Waals surface area (Å²) in [5.41, 5.74) is 3.37. The Morgan fingerprint density at radius 3 is 3.05 bits per heavy atom. The van der Waals surface area contributed by atoms with Crippen molar-refractivity contribution in [3.05, 3.63) is 39.9 Å². The lowest BCUT2D eigenvalue weighted by Crippen LogP contribution is -2.20. The number of carbonyl (C=O) groups is 1. The molecule has 5 heteroatoms. The largest absolute Gasteiger partial charge is 0.483 e. The van der Waals surface area contributed by atoms with Gasteiger partial charge in [0, 0.05) is 4.88 Å². The van der Waals surface area contributed by atoms with Crippen LogP contribution in [0.1, 0.15) is 28.1 Å². The molecule has 2 aromatic rings. The van der Waals surface area contributed by atoms with Crippen LogP contribution in [-0.2, 0) is 17.6 Å². The van der Waals surface area contributed by atoms with Gasteiger partial charge < -0.3 is 4.74 Å². The zero-order chi connectivity index (χ0) is 14.8. The zero-order valence-electron chi connectivity index (χ0n) is 12.2. The van der Waals surface area contributed by atoms with Gasteiger partial charge in [0.05, 0.1) is 5.69 Å². The van der Waals surface area contributed by atoms with Crippen molar-refractivity contribution in [3.8, 4) is 5.75 Å². The minimum Gasteiger partial charge on any atom is -0.483 e. The van der Waals surface area contributed by atoms with Crippen LogP contribution in [0.5, 0.6) is 5.75 Å². The van der Waals surface area contributed by atoms with Gasteiger partial charge in [0.2, 0.25) is 0 Å². The molecule has 0 atom stereocenters. The summed E-state index contributed by atoms with van der Waals surface area (Å²) in [6.45, 7) is 4.03. The highest BCUT2D eigenvalue weighted by molar-refractivity contribution is 7.15. The molecule has 1 aromatic carbocycles. The minimum absolute atomic E-state index is 0.00847. The Balaban J connectivity index is 1.58. The average Bonchev–Trinajstić information content (AvgIpc) is 3.01. The van der Waals surface area contributed by atoms with Gasteiger partial charge in [-0.2, -0.15) is 0 Å². The van der Waals surface area contributed by atoms with Crippen molar-refractivity contribution >= 4 is 22.4 Å². The lowest BCUT2D eigenvalue weighted by molar-refractivity contribution is -0.118. The van der Waals surface area contributed by atoms with Crippen LogP contribution in [0.3, 0.4) is 0 Å². The number of nitrogens with one attached hydrogen (secondary N) is 1. The maximum absolute atomic E-state index is 11.9. The molecule has 0 fully saturated rings. The summed E-state index contributed by atoms with van der Waals surface area (Å²) in [6, 6.07) is 5.84. The number of carbonyl (C=O) groups excluding carboxylic acids is 1. The number of anilines is 1. The van der Waals surface area contributed by atoms with E-state index in [1.54, 1.807) is 11.3 Å². The van der Waals surface area contributed by atoms with Crippen LogP contribution in [0.25, 0.3) is 0 Å². The molecule has 1 N–H and O–H groups in total. The Labute approximate surface area is 128 Å². The van der Waals surface area contributed by atoms with Crippen LogP contribution < -0.4 is 10.1 Å². The first-order valence-corrected chi connectivity index (χ1v) is 7.92. The summed E-state index contributed by atoms with van der Waals surface area (Å²) in [4.78, 5) is 17.7. The highest BCUT2D eigenvalue weighted by atomic mass is 32.1. The van der Waals surface area contributed by atoms with Gasteiger partial charge >= 0.3 is 0 Å². The number of nitrogens with zero attached hydrogens (tertiary/aromatic N) is 1. The molecule has 0 saturated carbocycles. The maximum atomic E-state index is 11.9. The molecule has 0 spiro atoms. The molecular formula is C16H18N2O2S. The molecule has 0 saturated heterocycles. The zero-order valence-corrected chi connectivity index (χ0v) is 13.0. The van der Waals surface area contributed by atoms with Crippen molar-refractivity contribution in [2.45, 2.75) is 33.1 Å². The number of thiazole rings is 1. The lowest BCUT2D eigenvalue weighted by Gasteiger charge is -2.10. The Hall–Kier alpha value is -1.88. The van der Waals surface area contributed by atoms with E-state index in [1.807, 2.05) is 32.0 Å². The van der Waals surface area contributed by atoms with E-state index >= 15 is 0 Å². The molecule has 0 aliphatic heterocycles. The highest BCUT2D eigenvalue weighted by Gasteiger charge is 2.17. The lowest BCUT2D eigenvalue weighted by atomic mass is 10.1. The molecule has 110 valence electrons. The van der Waals surface area contributed by atoms with Crippen molar-refractivity contribution in [1.82, 2.24) is 4.98 Å². The fourth-order valence-corrected chi connectivity index (χ4v) is 3.49. The first-order valence-electron chi connectivity index (χ1n) is 7.11. The third-order valence-electron chi connectivity index (χ3n) is 3.76. The van der Waals surface area contributed by atoms with Crippen molar-refractivity contribution in [2.24, 2.45) is 0 Å². The van der Waals surface area contributed by atoms with Gasteiger partial charge in [-0.15, -0.1) is 11.3 Å². The van der Waals surface area contributed by atoms with Gasteiger partial charge in [-0.05, 0) is 50.3 Å². The SMILES string of the molecule is Cc1cccc(OCC(=O)Nc2nc3c(s2)CCC3)c1C. The molecular weight excluding hydrogens is 284 g/mol. The number of fused-ring (bicyclic) bond motifs is 1. The third kappa shape index (κ3) is 3.08. The predicted molar refractivity (Wildman–Crippen MR) is 84.2 cm³/mol. The number of amides is 1. The minimum atomic E-state index is -0.164. The second-order valence-electron chi connectivity index (χ2n) is 5.28. The highest BCUT2D eigenvalue weighted by Crippen LogP contribution is 2.30. The summed E-state index contributed by atoms with van der Waals surface area (Å²) in [6.07, 6.45) is 3.29. The summed E-state index contributed by atoms with van der Waals surface area (Å²) in [5.74, 6) is 0.593. The van der Waals surface area contributed by atoms with Gasteiger partial charge in [-0.25, -0.2) is 4.98 Å². The topological polar surface area (TPSA) is 51.2 Å². The number of hydrogen-bond acceptors (Lipinski definition) is 4. The van der Waals surface area contributed by atoms with Crippen molar-refractivity contribution in [1.29, 1.82) is 0 Å². The molecule has 1 aliphatic carbocycles. The standard InChI is InChI=1S/C16H18N2O2S/c1-10-5-3-7-13(11(10)2)20-9-15(19)18-16-17-12-6-4-8-14(12)21-16/h3,5,7H,4,6,8-9H2,1-2H3,(H,17,18,19). The fraction of sp³-hybridized carbons (Fsp3) is 0.375. The van der Waals surface area contributed by atoms with E-state index in [-0.39, 0.29) is 12.5 Å². The van der Waals surface area contributed by atoms with Crippen LogP contribution in [0, 0.1) is 13.8 Å². The molecule has 0 radical (unpaired) electrons. The molecule has 1 heterocycles. The van der Waals surface area contributed by atoms with Crippen LogP contribution in [0.2, 0.25) is 0 Å². The Morgan fingerprint density at radius 2 is 2.24 bits per heavy atom. The van der Waals surface area contributed by atoms with Crippen LogP contribution in [0.4, 0.5) is 5.13 Å². The Morgan fingerprint density at radius 1 is 1.38 bits per heavy atom. The second kappa shape index (κ2) is 5.85. The molecule has 1 aromatic heterocycles. The Bertz CT molecular complexity index is 657. The molecule has 0 unspecified atom stereocenters. The van der Waals surface area contributed by atoms with Crippen molar-refractivity contribution in [3.63, 3.8) is 0 Å².